The Labute approximate surface area is 212 Å². The van der Waals surface area contributed by atoms with Gasteiger partial charge in [-0.25, -0.2) is 4.79 Å². The summed E-state index contributed by atoms with van der Waals surface area (Å²) in [5.41, 5.74) is -4.88. The van der Waals surface area contributed by atoms with E-state index in [4.69, 9.17) is 9.47 Å². The lowest BCUT2D eigenvalue weighted by molar-refractivity contribution is -0.143. The Bertz CT molecular complexity index is 1130. The highest BCUT2D eigenvalue weighted by atomic mass is 19.4. The second-order valence-electron chi connectivity index (χ2n) is 8.74. The predicted octanol–water partition coefficient (Wildman–Crippen LogP) is 8.36. The first-order valence-corrected chi connectivity index (χ1v) is 11.5. The third-order valence-electron chi connectivity index (χ3n) is 6.40. The van der Waals surface area contributed by atoms with E-state index in [2.05, 4.69) is 0 Å². The summed E-state index contributed by atoms with van der Waals surface area (Å²) < 4.78 is 132. The minimum absolute atomic E-state index is 0.00428. The Balaban J connectivity index is 2.27. The van der Waals surface area contributed by atoms with Crippen molar-refractivity contribution in [2.75, 3.05) is 18.6 Å². The molecule has 0 spiro atoms. The fourth-order valence-corrected chi connectivity index (χ4v) is 4.72. The van der Waals surface area contributed by atoms with Crippen LogP contribution in [-0.4, -0.2) is 25.9 Å². The van der Waals surface area contributed by atoms with Crippen molar-refractivity contribution in [1.29, 1.82) is 0 Å². The number of anilines is 1. The number of nitrogens with zero attached hydrogens (tertiary/aromatic N) is 1. The van der Waals surface area contributed by atoms with E-state index in [1.165, 1.54) is 6.92 Å². The van der Waals surface area contributed by atoms with Gasteiger partial charge in [0.25, 0.3) is 0 Å². The number of hydrogen-bond donors (Lipinski definition) is 0. The van der Waals surface area contributed by atoms with Crippen LogP contribution in [0.5, 0.6) is 0 Å². The van der Waals surface area contributed by atoms with Crippen molar-refractivity contribution in [3.05, 3.63) is 64.2 Å². The SMILES string of the molecule is CCOC(=O)N1c2ccc(C(F)(F)F)cc2[C@H]([C@H](OC)c2cc(C(F)(F)F)cc(C(F)(F)F)c2)C[C@H]1CC. The van der Waals surface area contributed by atoms with Crippen molar-refractivity contribution in [3.8, 4) is 0 Å². The number of carbonyl (C=O) groups is 1. The summed E-state index contributed by atoms with van der Waals surface area (Å²) in [4.78, 5) is 13.9. The Hall–Kier alpha value is -2.96. The Kier molecular flexibility index (Phi) is 8.30. The summed E-state index contributed by atoms with van der Waals surface area (Å²) in [5, 5.41) is 0. The van der Waals surface area contributed by atoms with Crippen molar-refractivity contribution in [2.45, 2.75) is 63.3 Å². The summed E-state index contributed by atoms with van der Waals surface area (Å²) in [7, 11) is 1.05. The minimum atomic E-state index is -5.13. The van der Waals surface area contributed by atoms with E-state index in [-0.39, 0.29) is 36.8 Å². The van der Waals surface area contributed by atoms with Gasteiger partial charge >= 0.3 is 24.6 Å². The quantitative estimate of drug-likeness (QED) is 0.347. The molecule has 0 bridgehead atoms. The molecule has 38 heavy (non-hydrogen) atoms. The number of amides is 1. The number of benzene rings is 2. The molecule has 13 heteroatoms. The fourth-order valence-electron chi connectivity index (χ4n) is 4.72. The Morgan fingerprint density at radius 1 is 0.895 bits per heavy atom. The average molecular weight is 557 g/mol. The van der Waals surface area contributed by atoms with Gasteiger partial charge in [-0.1, -0.05) is 6.92 Å². The molecule has 0 aliphatic carbocycles. The lowest BCUT2D eigenvalue weighted by Crippen LogP contribution is -2.46. The molecular formula is C25H24F9NO3. The van der Waals surface area contributed by atoms with Gasteiger partial charge in [-0.2, -0.15) is 39.5 Å². The topological polar surface area (TPSA) is 38.8 Å². The maximum atomic E-state index is 13.6. The predicted molar refractivity (Wildman–Crippen MR) is 119 cm³/mol. The lowest BCUT2D eigenvalue weighted by Gasteiger charge is -2.42. The van der Waals surface area contributed by atoms with Crippen molar-refractivity contribution in [2.24, 2.45) is 0 Å². The molecule has 0 N–H and O–H groups in total. The molecule has 1 aliphatic rings. The molecule has 3 rings (SSSR count). The first-order chi connectivity index (χ1) is 17.5. The Morgan fingerprint density at radius 3 is 1.89 bits per heavy atom. The summed E-state index contributed by atoms with van der Waals surface area (Å²) in [5.74, 6) is -1.13. The number of ether oxygens (including phenoxy) is 2. The molecule has 2 aromatic carbocycles. The summed E-state index contributed by atoms with van der Waals surface area (Å²) in [6.45, 7) is 3.18. The molecule has 3 atom stereocenters. The number of hydrogen-bond acceptors (Lipinski definition) is 3. The van der Waals surface area contributed by atoms with E-state index < -0.39 is 64.9 Å². The molecule has 2 aromatic rings. The molecule has 4 nitrogen and oxygen atoms in total. The zero-order valence-corrected chi connectivity index (χ0v) is 20.4. The first-order valence-electron chi connectivity index (χ1n) is 11.5. The second kappa shape index (κ2) is 10.7. The van der Waals surface area contributed by atoms with Gasteiger partial charge in [-0.3, -0.25) is 4.90 Å². The van der Waals surface area contributed by atoms with Gasteiger partial charge in [0.1, 0.15) is 0 Å². The van der Waals surface area contributed by atoms with Crippen LogP contribution in [0, 0.1) is 0 Å². The van der Waals surface area contributed by atoms with E-state index in [0.29, 0.717) is 12.1 Å². The number of alkyl halides is 9. The van der Waals surface area contributed by atoms with Crippen molar-refractivity contribution in [3.63, 3.8) is 0 Å². The smallest absolute Gasteiger partial charge is 0.416 e. The van der Waals surface area contributed by atoms with Gasteiger partial charge in [-0.15, -0.1) is 0 Å². The van der Waals surface area contributed by atoms with Gasteiger partial charge in [-0.05, 0) is 67.3 Å². The van der Waals surface area contributed by atoms with Crippen molar-refractivity contribution < 1.29 is 53.8 Å². The zero-order chi connectivity index (χ0) is 28.6. The molecule has 0 saturated heterocycles. The molecule has 1 amide bonds. The standard InChI is InChI=1S/C25H24F9NO3/c1-4-17-12-19(18-11-14(23(26,27)28)6-7-20(18)35(17)22(36)38-5-2)21(37-3)13-8-15(24(29,30)31)10-16(9-13)25(32,33)34/h6-11,17,19,21H,4-5,12H2,1-3H3/t17-,19-,21-/m1/s1. The molecule has 1 aliphatic heterocycles. The molecule has 0 fully saturated rings. The van der Waals surface area contributed by atoms with Crippen LogP contribution in [0.25, 0.3) is 0 Å². The summed E-state index contributed by atoms with van der Waals surface area (Å²) in [6.07, 6.45) is -17.3. The molecule has 0 radical (unpaired) electrons. The minimum Gasteiger partial charge on any atom is -0.449 e. The second-order valence-corrected chi connectivity index (χ2v) is 8.74. The number of halogens is 9. The van der Waals surface area contributed by atoms with E-state index in [0.717, 1.165) is 30.2 Å². The van der Waals surface area contributed by atoms with Gasteiger partial charge in [0.05, 0.1) is 35.1 Å². The monoisotopic (exact) mass is 557 g/mol. The normalized spacial score (nSPS) is 19.2. The number of carbonyl (C=O) groups excluding carboxylic acids is 1. The van der Waals surface area contributed by atoms with Crippen LogP contribution in [0.3, 0.4) is 0 Å². The highest BCUT2D eigenvalue weighted by Gasteiger charge is 2.44. The van der Waals surface area contributed by atoms with Crippen LogP contribution in [0.2, 0.25) is 0 Å². The number of fused-ring (bicyclic) bond motifs is 1. The van der Waals surface area contributed by atoms with Gasteiger partial charge in [0, 0.05) is 19.1 Å². The molecular weight excluding hydrogens is 533 g/mol. The van der Waals surface area contributed by atoms with Crippen LogP contribution in [0.1, 0.15) is 66.5 Å². The highest BCUT2D eigenvalue weighted by Crippen LogP contribution is 2.49. The van der Waals surface area contributed by atoms with E-state index in [1.807, 2.05) is 0 Å². The van der Waals surface area contributed by atoms with Crippen LogP contribution < -0.4 is 4.90 Å². The highest BCUT2D eigenvalue weighted by molar-refractivity contribution is 5.90. The van der Waals surface area contributed by atoms with E-state index in [1.54, 1.807) is 6.92 Å². The molecule has 0 saturated carbocycles. The third-order valence-corrected chi connectivity index (χ3v) is 6.40. The van der Waals surface area contributed by atoms with E-state index >= 15 is 0 Å². The molecule has 0 unspecified atom stereocenters. The maximum absolute atomic E-state index is 13.6. The summed E-state index contributed by atoms with van der Waals surface area (Å²) >= 11 is 0. The molecule has 1 heterocycles. The Morgan fingerprint density at radius 2 is 1.45 bits per heavy atom. The van der Waals surface area contributed by atoms with Crippen molar-refractivity contribution >= 4 is 11.8 Å². The van der Waals surface area contributed by atoms with Gasteiger partial charge in [0.2, 0.25) is 0 Å². The van der Waals surface area contributed by atoms with Gasteiger partial charge in [0.15, 0.2) is 0 Å². The first kappa shape index (κ1) is 29.6. The fraction of sp³-hybridized carbons (Fsp3) is 0.480. The van der Waals surface area contributed by atoms with Crippen LogP contribution >= 0.6 is 0 Å². The molecule has 0 aromatic heterocycles. The van der Waals surface area contributed by atoms with E-state index in [9.17, 15) is 44.3 Å². The lowest BCUT2D eigenvalue weighted by atomic mass is 9.78. The molecule has 210 valence electrons. The largest absolute Gasteiger partial charge is 0.449 e. The number of rotatable bonds is 5. The maximum Gasteiger partial charge on any atom is 0.416 e. The zero-order valence-electron chi connectivity index (χ0n) is 20.4. The van der Waals surface area contributed by atoms with Crippen LogP contribution in [-0.2, 0) is 28.0 Å². The van der Waals surface area contributed by atoms with Crippen LogP contribution in [0.4, 0.5) is 50.0 Å². The third kappa shape index (κ3) is 6.02. The van der Waals surface area contributed by atoms with Gasteiger partial charge < -0.3 is 9.47 Å². The summed E-state index contributed by atoms with van der Waals surface area (Å²) in [6, 6.07) is 2.80. The van der Waals surface area contributed by atoms with Crippen molar-refractivity contribution in [1.82, 2.24) is 0 Å². The van der Waals surface area contributed by atoms with Crippen LogP contribution in [0.15, 0.2) is 36.4 Å². The average Bonchev–Trinajstić information content (AvgIpc) is 2.82. The number of methoxy groups -OCH3 is 1.